The number of benzene rings is 1. The van der Waals surface area contributed by atoms with Gasteiger partial charge in [-0.05, 0) is 31.0 Å². The molecule has 0 unspecified atom stereocenters. The van der Waals surface area contributed by atoms with Gasteiger partial charge < -0.3 is 15.6 Å². The molecule has 0 spiro atoms. The number of phenols is 1. The lowest BCUT2D eigenvalue weighted by Gasteiger charge is -2.07. The van der Waals surface area contributed by atoms with E-state index in [9.17, 15) is 9.50 Å². The van der Waals surface area contributed by atoms with E-state index >= 15 is 0 Å². The molecule has 0 aliphatic rings. The number of aromatic hydroxyl groups is 1. The summed E-state index contributed by atoms with van der Waals surface area (Å²) >= 11 is 0. The van der Waals surface area contributed by atoms with E-state index in [1.54, 1.807) is 0 Å². The standard InChI is InChI=1S/C10H14FNO2/c1-14-10-5-7(3-2-4-12)8(11)6-9(10)13/h5-6,13H,2-4,12H2,1H3. The number of halogens is 1. The van der Waals surface area contributed by atoms with Gasteiger partial charge in [0.2, 0.25) is 0 Å². The average molecular weight is 199 g/mol. The molecule has 0 saturated carbocycles. The topological polar surface area (TPSA) is 55.5 Å². The Hall–Kier alpha value is -1.29. The van der Waals surface area contributed by atoms with Crippen molar-refractivity contribution in [3.8, 4) is 11.5 Å². The molecule has 78 valence electrons. The minimum absolute atomic E-state index is 0.179. The van der Waals surface area contributed by atoms with Crippen molar-refractivity contribution < 1.29 is 14.2 Å². The highest BCUT2D eigenvalue weighted by Crippen LogP contribution is 2.29. The van der Waals surface area contributed by atoms with Crippen LogP contribution < -0.4 is 10.5 Å². The zero-order valence-corrected chi connectivity index (χ0v) is 8.09. The van der Waals surface area contributed by atoms with Crippen LogP contribution in [0.4, 0.5) is 4.39 Å². The first-order valence-electron chi connectivity index (χ1n) is 4.44. The first kappa shape index (κ1) is 10.8. The van der Waals surface area contributed by atoms with Crippen LogP contribution in [0.5, 0.6) is 11.5 Å². The predicted molar refractivity (Wildman–Crippen MR) is 52.0 cm³/mol. The molecule has 3 nitrogen and oxygen atoms in total. The highest BCUT2D eigenvalue weighted by atomic mass is 19.1. The van der Waals surface area contributed by atoms with Crippen LogP contribution in [-0.4, -0.2) is 18.8 Å². The molecule has 1 aromatic carbocycles. The van der Waals surface area contributed by atoms with Gasteiger partial charge >= 0.3 is 0 Å². The average Bonchev–Trinajstić information content (AvgIpc) is 2.17. The lowest BCUT2D eigenvalue weighted by atomic mass is 10.1. The Kier molecular flexibility index (Phi) is 3.71. The maximum atomic E-state index is 13.2. The second kappa shape index (κ2) is 4.81. The number of hydrogen-bond acceptors (Lipinski definition) is 3. The van der Waals surface area contributed by atoms with E-state index in [1.165, 1.54) is 13.2 Å². The molecule has 0 amide bonds. The molecule has 3 N–H and O–H groups in total. The van der Waals surface area contributed by atoms with Gasteiger partial charge in [-0.1, -0.05) is 0 Å². The van der Waals surface area contributed by atoms with E-state index in [0.29, 0.717) is 30.7 Å². The van der Waals surface area contributed by atoms with Crippen molar-refractivity contribution in [3.63, 3.8) is 0 Å². The number of methoxy groups -OCH3 is 1. The fraction of sp³-hybridized carbons (Fsp3) is 0.400. The van der Waals surface area contributed by atoms with Gasteiger partial charge in [-0.15, -0.1) is 0 Å². The normalized spacial score (nSPS) is 10.2. The Morgan fingerprint density at radius 2 is 2.21 bits per heavy atom. The first-order valence-corrected chi connectivity index (χ1v) is 4.44. The highest BCUT2D eigenvalue weighted by molar-refractivity contribution is 5.42. The molecule has 0 bridgehead atoms. The number of ether oxygens (including phenoxy) is 1. The SMILES string of the molecule is COc1cc(CCCN)c(F)cc1O. The lowest BCUT2D eigenvalue weighted by molar-refractivity contribution is 0.370. The molecule has 0 atom stereocenters. The van der Waals surface area contributed by atoms with Gasteiger partial charge in [0.05, 0.1) is 7.11 Å². The molecule has 1 rings (SSSR count). The van der Waals surface area contributed by atoms with Crippen molar-refractivity contribution in [2.75, 3.05) is 13.7 Å². The van der Waals surface area contributed by atoms with Crippen molar-refractivity contribution in [1.82, 2.24) is 0 Å². The summed E-state index contributed by atoms with van der Waals surface area (Å²) in [6, 6.07) is 2.56. The molecular weight excluding hydrogens is 185 g/mol. The summed E-state index contributed by atoms with van der Waals surface area (Å²) in [6.45, 7) is 0.516. The summed E-state index contributed by atoms with van der Waals surface area (Å²) in [4.78, 5) is 0. The zero-order chi connectivity index (χ0) is 10.6. The van der Waals surface area contributed by atoms with Crippen LogP contribution in [0.25, 0.3) is 0 Å². The summed E-state index contributed by atoms with van der Waals surface area (Å²) in [6.07, 6.45) is 1.27. The molecule has 0 fully saturated rings. The Labute approximate surface area is 82.3 Å². The Morgan fingerprint density at radius 3 is 2.79 bits per heavy atom. The lowest BCUT2D eigenvalue weighted by Crippen LogP contribution is -2.02. The second-order valence-corrected chi connectivity index (χ2v) is 3.01. The van der Waals surface area contributed by atoms with Gasteiger partial charge in [0, 0.05) is 6.07 Å². The van der Waals surface area contributed by atoms with Gasteiger partial charge in [-0.2, -0.15) is 0 Å². The Bertz CT molecular complexity index is 315. The quantitative estimate of drug-likeness (QED) is 0.771. The van der Waals surface area contributed by atoms with E-state index < -0.39 is 5.82 Å². The van der Waals surface area contributed by atoms with Crippen LogP contribution in [0.15, 0.2) is 12.1 Å². The Balaban J connectivity index is 2.92. The third-order valence-corrected chi connectivity index (χ3v) is 2.00. The van der Waals surface area contributed by atoms with E-state index in [1.807, 2.05) is 0 Å². The van der Waals surface area contributed by atoms with Crippen molar-refractivity contribution in [3.05, 3.63) is 23.5 Å². The van der Waals surface area contributed by atoms with Crippen molar-refractivity contribution in [2.45, 2.75) is 12.8 Å². The van der Waals surface area contributed by atoms with Gasteiger partial charge in [-0.25, -0.2) is 4.39 Å². The van der Waals surface area contributed by atoms with Crippen LogP contribution >= 0.6 is 0 Å². The fourth-order valence-electron chi connectivity index (χ4n) is 1.23. The molecule has 4 heteroatoms. The zero-order valence-electron chi connectivity index (χ0n) is 8.09. The minimum Gasteiger partial charge on any atom is -0.504 e. The molecule has 0 aliphatic carbocycles. The van der Waals surface area contributed by atoms with Gasteiger partial charge in [0.15, 0.2) is 11.5 Å². The molecular formula is C10H14FNO2. The molecule has 14 heavy (non-hydrogen) atoms. The summed E-state index contributed by atoms with van der Waals surface area (Å²) in [5.41, 5.74) is 5.84. The molecule has 1 aromatic rings. The maximum Gasteiger partial charge on any atom is 0.160 e. The molecule has 0 radical (unpaired) electrons. The second-order valence-electron chi connectivity index (χ2n) is 3.01. The smallest absolute Gasteiger partial charge is 0.160 e. The van der Waals surface area contributed by atoms with Crippen LogP contribution in [-0.2, 0) is 6.42 Å². The fourth-order valence-corrected chi connectivity index (χ4v) is 1.23. The number of hydrogen-bond donors (Lipinski definition) is 2. The number of nitrogens with two attached hydrogens (primary N) is 1. The summed E-state index contributed by atoms with van der Waals surface area (Å²) in [7, 11) is 1.43. The third-order valence-electron chi connectivity index (χ3n) is 2.00. The van der Waals surface area contributed by atoms with E-state index in [-0.39, 0.29) is 5.75 Å². The third kappa shape index (κ3) is 2.35. The number of aryl methyl sites for hydroxylation is 1. The van der Waals surface area contributed by atoms with Crippen LogP contribution in [0.3, 0.4) is 0 Å². The first-order chi connectivity index (χ1) is 6.69. The van der Waals surface area contributed by atoms with Crippen molar-refractivity contribution in [2.24, 2.45) is 5.73 Å². The van der Waals surface area contributed by atoms with Crippen LogP contribution in [0.2, 0.25) is 0 Å². The molecule has 0 saturated heterocycles. The van der Waals surface area contributed by atoms with Crippen LogP contribution in [0.1, 0.15) is 12.0 Å². The van der Waals surface area contributed by atoms with E-state index in [2.05, 4.69) is 0 Å². The number of rotatable bonds is 4. The minimum atomic E-state index is -0.420. The van der Waals surface area contributed by atoms with Gasteiger partial charge in [0.25, 0.3) is 0 Å². The van der Waals surface area contributed by atoms with Crippen LogP contribution in [0, 0.1) is 5.82 Å². The molecule has 0 aliphatic heterocycles. The monoisotopic (exact) mass is 199 g/mol. The maximum absolute atomic E-state index is 13.2. The largest absolute Gasteiger partial charge is 0.504 e. The van der Waals surface area contributed by atoms with E-state index in [4.69, 9.17) is 10.5 Å². The van der Waals surface area contributed by atoms with Gasteiger partial charge in [0.1, 0.15) is 5.82 Å². The number of phenolic OH excluding ortho intramolecular Hbond substituents is 1. The highest BCUT2D eigenvalue weighted by Gasteiger charge is 2.08. The molecule has 0 heterocycles. The van der Waals surface area contributed by atoms with Gasteiger partial charge in [-0.3, -0.25) is 0 Å². The summed E-state index contributed by atoms with van der Waals surface area (Å²) < 4.78 is 18.1. The molecule has 0 aromatic heterocycles. The van der Waals surface area contributed by atoms with Crippen molar-refractivity contribution in [1.29, 1.82) is 0 Å². The van der Waals surface area contributed by atoms with E-state index in [0.717, 1.165) is 6.07 Å². The Morgan fingerprint density at radius 1 is 1.50 bits per heavy atom. The summed E-state index contributed by atoms with van der Waals surface area (Å²) in [5, 5.41) is 9.25. The summed E-state index contributed by atoms with van der Waals surface area (Å²) in [5.74, 6) is -0.309. The van der Waals surface area contributed by atoms with Crippen molar-refractivity contribution >= 4 is 0 Å². The predicted octanol–water partition coefficient (Wildman–Crippen LogP) is 1.43.